The van der Waals surface area contributed by atoms with Crippen molar-refractivity contribution in [2.24, 2.45) is 5.92 Å². The second kappa shape index (κ2) is 4.01. The number of anilines is 1. The highest BCUT2D eigenvalue weighted by atomic mass is 16.4. The topological polar surface area (TPSA) is 69.2 Å². The minimum atomic E-state index is -0.721. The van der Waals surface area contributed by atoms with Crippen LogP contribution >= 0.6 is 0 Å². The summed E-state index contributed by atoms with van der Waals surface area (Å²) < 4.78 is 0. The number of H-pyrrole nitrogens is 1. The molecule has 0 amide bonds. The van der Waals surface area contributed by atoms with Crippen LogP contribution < -0.4 is 4.90 Å². The van der Waals surface area contributed by atoms with Crippen LogP contribution in [0.4, 0.5) is 5.95 Å². The van der Waals surface area contributed by atoms with Crippen LogP contribution in [0.15, 0.2) is 24.3 Å². The van der Waals surface area contributed by atoms with Crippen molar-refractivity contribution in [1.29, 1.82) is 0 Å². The zero-order valence-corrected chi connectivity index (χ0v) is 10.1. The third kappa shape index (κ3) is 1.63. The molecular weight excluding hydrogens is 230 g/mol. The molecule has 0 radical (unpaired) electrons. The van der Waals surface area contributed by atoms with Gasteiger partial charge in [0.05, 0.1) is 17.0 Å². The van der Waals surface area contributed by atoms with E-state index in [1.54, 1.807) is 0 Å². The maximum absolute atomic E-state index is 11.1. The van der Waals surface area contributed by atoms with E-state index in [9.17, 15) is 4.79 Å². The summed E-state index contributed by atoms with van der Waals surface area (Å²) in [5.74, 6) is -0.258. The standard InChI is InChI=1S/C13H15N3O2/c1-8-9(12(17)18)6-7-16(8)13-14-10-4-2-3-5-11(10)15-13/h2-5,8-9H,6-7H2,1H3,(H,14,15)(H,17,18)/t8-,9+/m1/s1. The first-order chi connectivity index (χ1) is 8.66. The number of carboxylic acid groups (broad SMARTS) is 1. The summed E-state index contributed by atoms with van der Waals surface area (Å²) in [5.41, 5.74) is 1.90. The van der Waals surface area contributed by atoms with Gasteiger partial charge < -0.3 is 15.0 Å². The SMILES string of the molecule is C[C@@H]1[C@@H](C(=O)O)CCN1c1nc2ccccc2[nH]1. The number of para-hydroxylation sites is 2. The molecule has 94 valence electrons. The molecule has 0 unspecified atom stereocenters. The van der Waals surface area contributed by atoms with E-state index >= 15 is 0 Å². The molecule has 1 aromatic carbocycles. The summed E-state index contributed by atoms with van der Waals surface area (Å²) in [7, 11) is 0. The van der Waals surface area contributed by atoms with Crippen LogP contribution in [0.2, 0.25) is 0 Å². The Bertz CT molecular complexity index is 560. The Labute approximate surface area is 104 Å². The molecule has 1 aliphatic rings. The lowest BCUT2D eigenvalue weighted by Gasteiger charge is -2.22. The Kier molecular flexibility index (Phi) is 2.47. The number of benzene rings is 1. The number of fused-ring (bicyclic) bond motifs is 1. The Morgan fingerprint density at radius 1 is 1.50 bits per heavy atom. The molecule has 2 heterocycles. The first-order valence-corrected chi connectivity index (χ1v) is 6.11. The monoisotopic (exact) mass is 245 g/mol. The highest BCUT2D eigenvalue weighted by Gasteiger charge is 2.36. The number of aromatic nitrogens is 2. The number of nitrogens with one attached hydrogen (secondary N) is 1. The van der Waals surface area contributed by atoms with Gasteiger partial charge in [0.15, 0.2) is 0 Å². The average Bonchev–Trinajstić information content (AvgIpc) is 2.91. The highest BCUT2D eigenvalue weighted by Crippen LogP contribution is 2.29. The van der Waals surface area contributed by atoms with Gasteiger partial charge >= 0.3 is 5.97 Å². The number of aromatic amines is 1. The second-order valence-electron chi connectivity index (χ2n) is 4.74. The van der Waals surface area contributed by atoms with E-state index in [4.69, 9.17) is 5.11 Å². The number of carbonyl (C=O) groups is 1. The van der Waals surface area contributed by atoms with Crippen LogP contribution in [0, 0.1) is 5.92 Å². The van der Waals surface area contributed by atoms with E-state index in [1.807, 2.05) is 36.1 Å². The molecule has 5 nitrogen and oxygen atoms in total. The molecule has 1 aromatic heterocycles. The molecule has 2 aromatic rings. The van der Waals surface area contributed by atoms with E-state index in [-0.39, 0.29) is 12.0 Å². The van der Waals surface area contributed by atoms with Gasteiger partial charge in [-0.05, 0) is 25.5 Å². The van der Waals surface area contributed by atoms with Crippen molar-refractivity contribution < 1.29 is 9.90 Å². The van der Waals surface area contributed by atoms with E-state index in [0.717, 1.165) is 23.5 Å². The molecule has 0 saturated carbocycles. The predicted molar refractivity (Wildman–Crippen MR) is 68.6 cm³/mol. The van der Waals surface area contributed by atoms with Gasteiger partial charge in [0.2, 0.25) is 5.95 Å². The fourth-order valence-electron chi connectivity index (χ4n) is 2.64. The van der Waals surface area contributed by atoms with Crippen molar-refractivity contribution in [1.82, 2.24) is 9.97 Å². The van der Waals surface area contributed by atoms with Crippen LogP contribution in [0.3, 0.4) is 0 Å². The van der Waals surface area contributed by atoms with E-state index in [1.165, 1.54) is 0 Å². The summed E-state index contributed by atoms with van der Waals surface area (Å²) in [6.45, 7) is 2.68. The molecule has 1 fully saturated rings. The Morgan fingerprint density at radius 3 is 2.94 bits per heavy atom. The van der Waals surface area contributed by atoms with E-state index in [2.05, 4.69) is 9.97 Å². The lowest BCUT2D eigenvalue weighted by atomic mass is 10.0. The van der Waals surface area contributed by atoms with Crippen LogP contribution in [0.5, 0.6) is 0 Å². The minimum absolute atomic E-state index is 0.0249. The number of carboxylic acids is 1. The predicted octanol–water partition coefficient (Wildman–Crippen LogP) is 1.86. The Morgan fingerprint density at radius 2 is 2.28 bits per heavy atom. The lowest BCUT2D eigenvalue weighted by molar-refractivity contribution is -0.141. The summed E-state index contributed by atoms with van der Waals surface area (Å²) in [6, 6.07) is 7.80. The van der Waals surface area contributed by atoms with Crippen molar-refractivity contribution >= 4 is 23.0 Å². The molecule has 1 saturated heterocycles. The minimum Gasteiger partial charge on any atom is -0.481 e. The fraction of sp³-hybridized carbons (Fsp3) is 0.385. The quantitative estimate of drug-likeness (QED) is 0.847. The van der Waals surface area contributed by atoms with Crippen molar-refractivity contribution in [3.8, 4) is 0 Å². The number of hydrogen-bond acceptors (Lipinski definition) is 3. The number of imidazole rings is 1. The first kappa shape index (κ1) is 11.1. The molecule has 1 aliphatic heterocycles. The van der Waals surface area contributed by atoms with Crippen LogP contribution in [-0.2, 0) is 4.79 Å². The van der Waals surface area contributed by atoms with Gasteiger partial charge in [-0.3, -0.25) is 4.79 Å². The lowest BCUT2D eigenvalue weighted by Crippen LogP contribution is -2.33. The van der Waals surface area contributed by atoms with Gasteiger partial charge in [-0.15, -0.1) is 0 Å². The fourth-order valence-corrected chi connectivity index (χ4v) is 2.64. The second-order valence-corrected chi connectivity index (χ2v) is 4.74. The molecule has 0 aliphatic carbocycles. The van der Waals surface area contributed by atoms with E-state index in [0.29, 0.717) is 6.42 Å². The smallest absolute Gasteiger partial charge is 0.308 e. The van der Waals surface area contributed by atoms with Crippen molar-refractivity contribution in [2.75, 3.05) is 11.4 Å². The van der Waals surface area contributed by atoms with Crippen LogP contribution in [0.1, 0.15) is 13.3 Å². The van der Waals surface area contributed by atoms with Crippen molar-refractivity contribution in [2.45, 2.75) is 19.4 Å². The van der Waals surface area contributed by atoms with Crippen LogP contribution in [0.25, 0.3) is 11.0 Å². The summed E-state index contributed by atoms with van der Waals surface area (Å²) in [4.78, 5) is 20.9. The third-order valence-electron chi connectivity index (χ3n) is 3.72. The molecule has 0 bridgehead atoms. The molecular formula is C13H15N3O2. The first-order valence-electron chi connectivity index (χ1n) is 6.11. The normalized spacial score (nSPS) is 23.7. The largest absolute Gasteiger partial charge is 0.481 e. The maximum Gasteiger partial charge on any atom is 0.308 e. The third-order valence-corrected chi connectivity index (χ3v) is 3.72. The van der Waals surface area contributed by atoms with Gasteiger partial charge in [0.25, 0.3) is 0 Å². The average molecular weight is 245 g/mol. The Hall–Kier alpha value is -2.04. The molecule has 5 heteroatoms. The van der Waals surface area contributed by atoms with Gasteiger partial charge in [0.1, 0.15) is 0 Å². The highest BCUT2D eigenvalue weighted by molar-refractivity contribution is 5.78. The molecule has 0 spiro atoms. The zero-order valence-electron chi connectivity index (χ0n) is 10.1. The summed E-state index contributed by atoms with van der Waals surface area (Å²) in [6.07, 6.45) is 0.674. The van der Waals surface area contributed by atoms with Gasteiger partial charge in [-0.2, -0.15) is 0 Å². The molecule has 3 rings (SSSR count). The Balaban J connectivity index is 1.93. The number of aliphatic carboxylic acids is 1. The van der Waals surface area contributed by atoms with E-state index < -0.39 is 5.97 Å². The van der Waals surface area contributed by atoms with Gasteiger partial charge in [-0.1, -0.05) is 12.1 Å². The molecule has 2 N–H and O–H groups in total. The van der Waals surface area contributed by atoms with Gasteiger partial charge in [0, 0.05) is 12.6 Å². The molecule has 2 atom stereocenters. The van der Waals surface area contributed by atoms with Crippen LogP contribution in [-0.4, -0.2) is 33.6 Å². The number of rotatable bonds is 2. The number of hydrogen-bond donors (Lipinski definition) is 2. The van der Waals surface area contributed by atoms with Gasteiger partial charge in [-0.25, -0.2) is 4.98 Å². The zero-order chi connectivity index (χ0) is 12.7. The maximum atomic E-state index is 11.1. The van der Waals surface area contributed by atoms with Crippen molar-refractivity contribution in [3.63, 3.8) is 0 Å². The van der Waals surface area contributed by atoms with Crippen molar-refractivity contribution in [3.05, 3.63) is 24.3 Å². The molecule has 18 heavy (non-hydrogen) atoms. The summed E-state index contributed by atoms with van der Waals surface area (Å²) in [5, 5.41) is 9.13. The summed E-state index contributed by atoms with van der Waals surface area (Å²) >= 11 is 0. The number of nitrogens with zero attached hydrogens (tertiary/aromatic N) is 2.